The second-order valence-electron chi connectivity index (χ2n) is 6.24. The normalized spacial score (nSPS) is 11.1. The van der Waals surface area contributed by atoms with E-state index in [1.807, 2.05) is 6.07 Å². The maximum absolute atomic E-state index is 13.2. The van der Waals surface area contributed by atoms with Crippen LogP contribution in [-0.2, 0) is 4.79 Å². The Kier molecular flexibility index (Phi) is 6.19. The van der Waals surface area contributed by atoms with Crippen molar-refractivity contribution < 1.29 is 9.18 Å². The Morgan fingerprint density at radius 3 is 2.73 bits per heavy atom. The minimum Gasteiger partial charge on any atom is -0.309 e. The number of fused-ring (bicyclic) bond motifs is 1. The highest BCUT2D eigenvalue weighted by molar-refractivity contribution is 8.00. The first-order valence-corrected chi connectivity index (χ1v) is 11.2. The van der Waals surface area contributed by atoms with E-state index in [0.29, 0.717) is 20.6 Å². The number of thiophene rings is 1. The summed E-state index contributed by atoms with van der Waals surface area (Å²) in [6.45, 7) is 1.75. The molecular formula is C20H13Cl2FN4OS2. The third-order valence-electron chi connectivity index (χ3n) is 4.21. The van der Waals surface area contributed by atoms with Crippen LogP contribution < -0.4 is 5.32 Å². The molecule has 0 atom stereocenters. The molecule has 0 radical (unpaired) electrons. The van der Waals surface area contributed by atoms with Crippen LogP contribution in [0.5, 0.6) is 0 Å². The Bertz CT molecular complexity index is 1250. The van der Waals surface area contributed by atoms with Gasteiger partial charge in [0.05, 0.1) is 26.0 Å². The second-order valence-corrected chi connectivity index (χ2v) is 9.04. The Labute approximate surface area is 189 Å². The van der Waals surface area contributed by atoms with Gasteiger partial charge in [-0.25, -0.2) is 19.3 Å². The molecule has 0 saturated carbocycles. The van der Waals surface area contributed by atoms with E-state index in [1.54, 1.807) is 19.1 Å². The smallest absolute Gasteiger partial charge is 0.235 e. The number of carbonyl (C=O) groups excluding carboxylic acids is 1. The number of benzene rings is 1. The zero-order valence-electron chi connectivity index (χ0n) is 15.4. The van der Waals surface area contributed by atoms with Gasteiger partial charge in [-0.05, 0) is 36.2 Å². The molecule has 3 aromatic heterocycles. The van der Waals surface area contributed by atoms with Crippen molar-refractivity contribution >= 4 is 68.2 Å². The van der Waals surface area contributed by atoms with Crippen molar-refractivity contribution in [3.8, 4) is 10.4 Å². The molecule has 0 aliphatic rings. The van der Waals surface area contributed by atoms with Crippen molar-refractivity contribution in [1.82, 2.24) is 15.0 Å². The molecule has 0 bridgehead atoms. The number of thioether (sulfide) groups is 1. The first-order chi connectivity index (χ1) is 14.4. The van der Waals surface area contributed by atoms with Crippen LogP contribution in [-0.4, -0.2) is 26.6 Å². The lowest BCUT2D eigenvalue weighted by atomic mass is 10.2. The summed E-state index contributed by atoms with van der Waals surface area (Å²) >= 11 is 15.0. The number of nitrogens with one attached hydrogen (secondary N) is 1. The fourth-order valence-electron chi connectivity index (χ4n) is 2.64. The summed E-state index contributed by atoms with van der Waals surface area (Å²) in [5, 5.41) is 4.14. The maximum atomic E-state index is 13.2. The van der Waals surface area contributed by atoms with Crippen LogP contribution in [0.4, 0.5) is 10.2 Å². The van der Waals surface area contributed by atoms with Crippen LogP contribution >= 0.6 is 46.3 Å². The number of hydrogen-bond donors (Lipinski definition) is 1. The third kappa shape index (κ3) is 4.41. The molecule has 152 valence electrons. The second kappa shape index (κ2) is 8.85. The summed E-state index contributed by atoms with van der Waals surface area (Å²) in [7, 11) is 0. The Morgan fingerprint density at radius 1 is 1.20 bits per heavy atom. The SMILES string of the molecule is Cc1c(Cl)cnc(NC(=O)CSc2ncnc3cc(-c4ccc(F)cc4)sc23)c1Cl. The average molecular weight is 479 g/mol. The van der Waals surface area contributed by atoms with Crippen LogP contribution in [0.2, 0.25) is 10.0 Å². The van der Waals surface area contributed by atoms with Crippen molar-refractivity contribution in [2.75, 3.05) is 11.1 Å². The fraction of sp³-hybridized carbons (Fsp3) is 0.100. The van der Waals surface area contributed by atoms with E-state index in [1.165, 1.54) is 47.8 Å². The number of halogens is 3. The first-order valence-electron chi connectivity index (χ1n) is 8.66. The number of carbonyl (C=O) groups is 1. The van der Waals surface area contributed by atoms with Gasteiger partial charge in [0.2, 0.25) is 5.91 Å². The van der Waals surface area contributed by atoms with Crippen molar-refractivity contribution in [1.29, 1.82) is 0 Å². The van der Waals surface area contributed by atoms with Crippen molar-refractivity contribution in [3.05, 3.63) is 64.3 Å². The number of nitrogens with zero attached hydrogens (tertiary/aromatic N) is 3. The lowest BCUT2D eigenvalue weighted by Crippen LogP contribution is -2.15. The van der Waals surface area contributed by atoms with E-state index in [4.69, 9.17) is 23.2 Å². The van der Waals surface area contributed by atoms with E-state index < -0.39 is 0 Å². The number of amides is 1. The number of hydrogen-bond acceptors (Lipinski definition) is 6. The molecule has 4 rings (SSSR count). The van der Waals surface area contributed by atoms with Crippen LogP contribution in [0.1, 0.15) is 5.56 Å². The van der Waals surface area contributed by atoms with E-state index >= 15 is 0 Å². The lowest BCUT2D eigenvalue weighted by Gasteiger charge is -2.09. The Morgan fingerprint density at radius 2 is 1.97 bits per heavy atom. The zero-order valence-corrected chi connectivity index (χ0v) is 18.6. The molecule has 1 N–H and O–H groups in total. The molecule has 3 heterocycles. The zero-order chi connectivity index (χ0) is 21.3. The quantitative estimate of drug-likeness (QED) is 0.271. The number of pyridine rings is 1. The molecule has 0 aliphatic heterocycles. The number of anilines is 1. The van der Waals surface area contributed by atoms with Crippen LogP contribution in [0.15, 0.2) is 47.9 Å². The average Bonchev–Trinajstić information content (AvgIpc) is 3.18. The predicted molar refractivity (Wildman–Crippen MR) is 121 cm³/mol. The summed E-state index contributed by atoms with van der Waals surface area (Å²) < 4.78 is 14.1. The molecule has 0 unspecified atom stereocenters. The number of aromatic nitrogens is 3. The summed E-state index contributed by atoms with van der Waals surface area (Å²) in [5.41, 5.74) is 2.32. The van der Waals surface area contributed by atoms with Gasteiger partial charge in [0.1, 0.15) is 17.2 Å². The van der Waals surface area contributed by atoms with Gasteiger partial charge in [0.15, 0.2) is 5.82 Å². The van der Waals surface area contributed by atoms with Crippen LogP contribution in [0.3, 0.4) is 0 Å². The highest BCUT2D eigenvalue weighted by Gasteiger charge is 2.15. The summed E-state index contributed by atoms with van der Waals surface area (Å²) in [6, 6.07) is 8.21. The highest BCUT2D eigenvalue weighted by Crippen LogP contribution is 2.37. The van der Waals surface area contributed by atoms with E-state index in [2.05, 4.69) is 20.3 Å². The van der Waals surface area contributed by atoms with Crippen molar-refractivity contribution in [2.24, 2.45) is 0 Å². The molecule has 0 spiro atoms. The molecular weight excluding hydrogens is 466 g/mol. The molecule has 5 nitrogen and oxygen atoms in total. The standard InChI is InChI=1S/C20H13Cl2FN4OS2/c1-10-13(21)7-24-19(17(10)22)27-16(28)8-29-20-18-14(25-9-26-20)6-15(30-18)11-2-4-12(23)5-3-11/h2-7,9H,8H2,1H3,(H,24,27,28). The topological polar surface area (TPSA) is 67.8 Å². The van der Waals surface area contributed by atoms with Gasteiger partial charge >= 0.3 is 0 Å². The largest absolute Gasteiger partial charge is 0.309 e. The molecule has 30 heavy (non-hydrogen) atoms. The van der Waals surface area contributed by atoms with E-state index in [0.717, 1.165) is 20.7 Å². The van der Waals surface area contributed by atoms with Gasteiger partial charge in [-0.3, -0.25) is 4.79 Å². The van der Waals surface area contributed by atoms with Gasteiger partial charge in [-0.2, -0.15) is 0 Å². The highest BCUT2D eigenvalue weighted by atomic mass is 35.5. The Hall–Kier alpha value is -2.26. The van der Waals surface area contributed by atoms with Crippen molar-refractivity contribution in [2.45, 2.75) is 11.9 Å². The number of rotatable bonds is 5. The minimum absolute atomic E-state index is 0.121. The molecule has 0 aliphatic carbocycles. The Balaban J connectivity index is 1.51. The predicted octanol–water partition coefficient (Wildman–Crippen LogP) is 6.24. The molecule has 4 aromatic rings. The molecule has 1 amide bonds. The van der Waals surface area contributed by atoms with Gasteiger partial charge in [0.25, 0.3) is 0 Å². The summed E-state index contributed by atoms with van der Waals surface area (Å²) in [6.07, 6.45) is 2.91. The third-order valence-corrected chi connectivity index (χ3v) is 7.35. The molecule has 0 fully saturated rings. The fourth-order valence-corrected chi connectivity index (χ4v) is 5.03. The van der Waals surface area contributed by atoms with Gasteiger partial charge in [0, 0.05) is 11.1 Å². The van der Waals surface area contributed by atoms with Crippen molar-refractivity contribution in [3.63, 3.8) is 0 Å². The van der Waals surface area contributed by atoms with Gasteiger partial charge in [-0.1, -0.05) is 47.1 Å². The van der Waals surface area contributed by atoms with E-state index in [9.17, 15) is 9.18 Å². The van der Waals surface area contributed by atoms with E-state index in [-0.39, 0.29) is 23.3 Å². The summed E-state index contributed by atoms with van der Waals surface area (Å²) in [4.78, 5) is 26.0. The first kappa shape index (κ1) is 21.0. The monoisotopic (exact) mass is 478 g/mol. The molecule has 1 aromatic carbocycles. The summed E-state index contributed by atoms with van der Waals surface area (Å²) in [5.74, 6) is -0.160. The van der Waals surface area contributed by atoms with Crippen LogP contribution in [0, 0.1) is 12.7 Å². The maximum Gasteiger partial charge on any atom is 0.235 e. The minimum atomic E-state index is -0.285. The molecule has 10 heteroatoms. The lowest BCUT2D eigenvalue weighted by molar-refractivity contribution is -0.113. The van der Waals surface area contributed by atoms with Gasteiger partial charge in [-0.15, -0.1) is 11.3 Å². The van der Waals surface area contributed by atoms with Crippen LogP contribution in [0.25, 0.3) is 20.7 Å². The van der Waals surface area contributed by atoms with Gasteiger partial charge < -0.3 is 5.32 Å². The molecule has 0 saturated heterocycles.